The molecule has 0 aromatic carbocycles. The highest BCUT2D eigenvalue weighted by Gasteiger charge is 2.44. The van der Waals surface area contributed by atoms with Gasteiger partial charge in [-0.05, 0) is 50.7 Å². The van der Waals surface area contributed by atoms with Gasteiger partial charge < -0.3 is 14.6 Å². The highest BCUT2D eigenvalue weighted by molar-refractivity contribution is 5.92. The van der Waals surface area contributed by atoms with Gasteiger partial charge in [-0.25, -0.2) is 0 Å². The molecule has 1 saturated carbocycles. The van der Waals surface area contributed by atoms with Crippen molar-refractivity contribution in [2.45, 2.75) is 69.1 Å². The molecule has 2 aliphatic heterocycles. The van der Waals surface area contributed by atoms with Crippen LogP contribution in [0.1, 0.15) is 61.9 Å². The second-order valence-corrected chi connectivity index (χ2v) is 8.19. The molecule has 1 amide bonds. The molecule has 3 aliphatic rings. The molecule has 25 heavy (non-hydrogen) atoms. The largest absolute Gasteiger partial charge is 0.369 e. The fourth-order valence-electron chi connectivity index (χ4n) is 5.02. The fourth-order valence-corrected chi connectivity index (χ4v) is 5.02. The number of rotatable bonds is 4. The minimum atomic E-state index is -0.00488. The summed E-state index contributed by atoms with van der Waals surface area (Å²) in [5.74, 6) is -0.00488. The van der Waals surface area contributed by atoms with Crippen molar-refractivity contribution in [2.75, 3.05) is 19.6 Å². The number of nitrogens with zero attached hydrogens (tertiary/aromatic N) is 2. The zero-order valence-corrected chi connectivity index (χ0v) is 15.4. The molecule has 138 valence electrons. The molecule has 4 rings (SSSR count). The van der Waals surface area contributed by atoms with Gasteiger partial charge in [0.1, 0.15) is 5.69 Å². The van der Waals surface area contributed by atoms with E-state index < -0.39 is 0 Å². The lowest BCUT2D eigenvalue weighted by atomic mass is 9.90. The van der Waals surface area contributed by atoms with Crippen LogP contribution in [0.5, 0.6) is 0 Å². The highest BCUT2D eigenvalue weighted by atomic mass is 16.5. The Kier molecular flexibility index (Phi) is 4.87. The van der Waals surface area contributed by atoms with Gasteiger partial charge in [-0.1, -0.05) is 12.8 Å². The zero-order valence-electron chi connectivity index (χ0n) is 15.4. The van der Waals surface area contributed by atoms with Gasteiger partial charge in [0.15, 0.2) is 0 Å². The van der Waals surface area contributed by atoms with E-state index >= 15 is 0 Å². The summed E-state index contributed by atoms with van der Waals surface area (Å²) in [6, 6.07) is 4.55. The Bertz CT molecular complexity index is 608. The molecule has 1 spiro atoms. The van der Waals surface area contributed by atoms with Gasteiger partial charge >= 0.3 is 0 Å². The molecule has 3 fully saturated rings. The second-order valence-electron chi connectivity index (χ2n) is 8.19. The number of carbonyl (C=O) groups excluding carboxylic acids is 1. The number of aryl methyl sites for hydroxylation is 1. The number of likely N-dealkylation sites (tertiary alicyclic amines) is 1. The van der Waals surface area contributed by atoms with E-state index in [0.717, 1.165) is 25.4 Å². The number of nitrogens with one attached hydrogen (secondary N) is 1. The third kappa shape index (κ3) is 3.63. The molecular weight excluding hydrogens is 314 g/mol. The van der Waals surface area contributed by atoms with Crippen LogP contribution in [-0.2, 0) is 11.8 Å². The molecule has 0 bridgehead atoms. The Balaban J connectivity index is 1.31. The number of ether oxygens (including phenoxy) is 1. The van der Waals surface area contributed by atoms with Crippen LogP contribution < -0.4 is 5.32 Å². The molecule has 5 heteroatoms. The van der Waals surface area contributed by atoms with E-state index in [9.17, 15) is 4.79 Å². The molecule has 2 atom stereocenters. The van der Waals surface area contributed by atoms with Crippen molar-refractivity contribution in [3.8, 4) is 0 Å². The van der Waals surface area contributed by atoms with Crippen molar-refractivity contribution in [1.29, 1.82) is 0 Å². The van der Waals surface area contributed by atoms with E-state index in [-0.39, 0.29) is 17.6 Å². The first-order valence-corrected chi connectivity index (χ1v) is 9.97. The van der Waals surface area contributed by atoms with Crippen molar-refractivity contribution in [3.63, 3.8) is 0 Å². The average molecular weight is 345 g/mol. The summed E-state index contributed by atoms with van der Waals surface area (Å²) in [5, 5.41) is 3.07. The molecule has 3 heterocycles. The van der Waals surface area contributed by atoms with E-state index in [0.29, 0.717) is 12.2 Å². The molecule has 1 aromatic heterocycles. The van der Waals surface area contributed by atoms with Crippen LogP contribution in [0.4, 0.5) is 0 Å². The minimum absolute atomic E-state index is 0.00488. The van der Waals surface area contributed by atoms with Gasteiger partial charge in [-0.2, -0.15) is 0 Å². The maximum absolute atomic E-state index is 12.3. The third-order valence-corrected chi connectivity index (χ3v) is 6.43. The third-order valence-electron chi connectivity index (χ3n) is 6.43. The van der Waals surface area contributed by atoms with Crippen molar-refractivity contribution >= 4 is 5.91 Å². The standard InChI is InChI=1S/C20H31N3O2/c1-22-12-5-9-18(22)19(24)21-14-17-8-4-10-20(25-17)11-13-23(15-20)16-6-2-3-7-16/h5,9,12,16-17H,2-4,6-8,10-11,13-15H2,1H3,(H,21,24)/t17-,20-/m0/s1. The summed E-state index contributed by atoms with van der Waals surface area (Å²) in [7, 11) is 1.90. The molecule has 0 unspecified atom stereocenters. The Morgan fingerprint density at radius 2 is 2.12 bits per heavy atom. The van der Waals surface area contributed by atoms with Crippen LogP contribution in [-0.4, -0.2) is 52.8 Å². The number of aromatic nitrogens is 1. The topological polar surface area (TPSA) is 46.5 Å². The monoisotopic (exact) mass is 345 g/mol. The van der Waals surface area contributed by atoms with Gasteiger partial charge in [-0.15, -0.1) is 0 Å². The van der Waals surface area contributed by atoms with Crippen LogP contribution in [0.3, 0.4) is 0 Å². The number of hydrogen-bond acceptors (Lipinski definition) is 3. The van der Waals surface area contributed by atoms with Crippen molar-refractivity contribution in [1.82, 2.24) is 14.8 Å². The first kappa shape index (κ1) is 17.1. The molecule has 0 radical (unpaired) electrons. The second kappa shape index (κ2) is 7.12. The van der Waals surface area contributed by atoms with Gasteiger partial charge in [0.2, 0.25) is 0 Å². The SMILES string of the molecule is Cn1cccc1C(=O)NC[C@@H]1CCC[C@@]2(CCN(C3CCCC3)C2)O1. The van der Waals surface area contributed by atoms with Crippen LogP contribution in [0.15, 0.2) is 18.3 Å². The van der Waals surface area contributed by atoms with E-state index in [1.807, 2.05) is 29.9 Å². The molecule has 1 N–H and O–H groups in total. The molecule has 1 aromatic rings. The number of carbonyl (C=O) groups is 1. The molecular formula is C20H31N3O2. The fraction of sp³-hybridized carbons (Fsp3) is 0.750. The first-order valence-electron chi connectivity index (χ1n) is 9.97. The lowest BCUT2D eigenvalue weighted by molar-refractivity contribution is -0.119. The zero-order chi connectivity index (χ0) is 17.3. The van der Waals surface area contributed by atoms with Gasteiger partial charge in [0.05, 0.1) is 11.7 Å². The van der Waals surface area contributed by atoms with Crippen LogP contribution in [0.25, 0.3) is 0 Å². The summed E-state index contributed by atoms with van der Waals surface area (Å²) in [6.07, 6.45) is 12.2. The predicted molar refractivity (Wildman–Crippen MR) is 97.6 cm³/mol. The van der Waals surface area contributed by atoms with Gasteiger partial charge in [0, 0.05) is 38.9 Å². The lowest BCUT2D eigenvalue weighted by Gasteiger charge is -2.39. The minimum Gasteiger partial charge on any atom is -0.369 e. The number of amides is 1. The van der Waals surface area contributed by atoms with E-state index in [1.165, 1.54) is 45.1 Å². The Morgan fingerprint density at radius 1 is 1.28 bits per heavy atom. The van der Waals surface area contributed by atoms with Gasteiger partial charge in [0.25, 0.3) is 5.91 Å². The summed E-state index contributed by atoms with van der Waals surface area (Å²) in [6.45, 7) is 2.90. The molecule has 1 aliphatic carbocycles. The summed E-state index contributed by atoms with van der Waals surface area (Å²) in [5.41, 5.74) is 0.750. The average Bonchev–Trinajstić information content (AvgIpc) is 3.34. The molecule has 5 nitrogen and oxygen atoms in total. The Labute approximate surface area is 150 Å². The van der Waals surface area contributed by atoms with Crippen molar-refractivity contribution in [3.05, 3.63) is 24.0 Å². The van der Waals surface area contributed by atoms with E-state index in [1.54, 1.807) is 0 Å². The lowest BCUT2D eigenvalue weighted by Crippen LogP contribution is -2.47. The van der Waals surface area contributed by atoms with Crippen LogP contribution >= 0.6 is 0 Å². The van der Waals surface area contributed by atoms with Crippen LogP contribution in [0, 0.1) is 0 Å². The highest BCUT2D eigenvalue weighted by Crippen LogP contribution is 2.39. The normalized spacial score (nSPS) is 31.0. The summed E-state index contributed by atoms with van der Waals surface area (Å²) < 4.78 is 8.42. The quantitative estimate of drug-likeness (QED) is 0.913. The Hall–Kier alpha value is -1.33. The van der Waals surface area contributed by atoms with Crippen molar-refractivity contribution in [2.24, 2.45) is 7.05 Å². The summed E-state index contributed by atoms with van der Waals surface area (Å²) in [4.78, 5) is 15.0. The summed E-state index contributed by atoms with van der Waals surface area (Å²) >= 11 is 0. The first-order chi connectivity index (χ1) is 12.2. The predicted octanol–water partition coefficient (Wildman–Crippen LogP) is 2.71. The van der Waals surface area contributed by atoms with Crippen LogP contribution in [0.2, 0.25) is 0 Å². The van der Waals surface area contributed by atoms with Gasteiger partial charge in [-0.3, -0.25) is 9.69 Å². The maximum Gasteiger partial charge on any atom is 0.267 e. The number of hydrogen-bond donors (Lipinski definition) is 1. The smallest absolute Gasteiger partial charge is 0.267 e. The molecule has 2 saturated heterocycles. The Morgan fingerprint density at radius 3 is 2.88 bits per heavy atom. The van der Waals surface area contributed by atoms with E-state index in [2.05, 4.69) is 10.2 Å². The maximum atomic E-state index is 12.3. The van der Waals surface area contributed by atoms with E-state index in [4.69, 9.17) is 4.74 Å². The van der Waals surface area contributed by atoms with Crippen molar-refractivity contribution < 1.29 is 9.53 Å².